The molecule has 142 valence electrons. The molecular weight excluding hydrogens is 423 g/mol. The van der Waals surface area contributed by atoms with Crippen LogP contribution in [0, 0.1) is 0 Å². The lowest BCUT2D eigenvalue weighted by Crippen LogP contribution is -1.99. The van der Waals surface area contributed by atoms with Crippen molar-refractivity contribution in [3.8, 4) is 0 Å². The zero-order valence-electron chi connectivity index (χ0n) is 15.7. The first-order valence-electron chi connectivity index (χ1n) is 7.99. The molecule has 24 heavy (non-hydrogen) atoms. The van der Waals surface area contributed by atoms with Gasteiger partial charge in [-0.15, -0.1) is 0 Å². The fraction of sp³-hybridized carbons (Fsp3) is 0.722. The number of ether oxygens (including phenoxy) is 4. The number of carbonyl (C=O) groups is 1. The molecule has 0 atom stereocenters. The van der Waals surface area contributed by atoms with Gasteiger partial charge in [0.1, 0.15) is 0 Å². The second-order valence-electron chi connectivity index (χ2n) is 5.15. The number of carbonyl (C=O) groups excluding carboxylic acids is 1. The van der Waals surface area contributed by atoms with Crippen LogP contribution in [-0.2, 0) is 23.7 Å². The number of hydrogen-bond acceptors (Lipinski definition) is 5. The van der Waals surface area contributed by atoms with Crippen molar-refractivity contribution < 1.29 is 23.7 Å². The molecule has 0 aliphatic carbocycles. The Kier molecular flexibility index (Phi) is 22.5. The first-order chi connectivity index (χ1) is 11.5. The van der Waals surface area contributed by atoms with Crippen molar-refractivity contribution in [3.05, 3.63) is 21.3 Å². The van der Waals surface area contributed by atoms with Crippen LogP contribution in [0.4, 0.5) is 0 Å². The van der Waals surface area contributed by atoms with Crippen molar-refractivity contribution in [2.24, 2.45) is 0 Å². The van der Waals surface area contributed by atoms with E-state index in [1.54, 1.807) is 41.4 Å². The maximum Gasteiger partial charge on any atom is 0.152 e. The lowest BCUT2D eigenvalue weighted by molar-refractivity contribution is -0.112. The Morgan fingerprint density at radius 2 is 1.08 bits per heavy atom. The minimum atomic E-state index is 0.0854. The molecule has 0 amide bonds. The second kappa shape index (κ2) is 20.8. The van der Waals surface area contributed by atoms with Crippen LogP contribution in [0.15, 0.2) is 21.3 Å². The number of halogens is 1. The quantitative estimate of drug-likeness (QED) is 0.310. The molecule has 0 aliphatic heterocycles. The first-order valence-corrected chi connectivity index (χ1v) is 9.24. The Labute approximate surface area is 160 Å². The van der Waals surface area contributed by atoms with Gasteiger partial charge in [0.05, 0.1) is 0 Å². The Bertz CT molecular complexity index is 333. The molecule has 5 nitrogen and oxygen atoms in total. The number of hydrogen-bond donors (Lipinski definition) is 0. The van der Waals surface area contributed by atoms with Crippen molar-refractivity contribution in [1.29, 1.82) is 0 Å². The normalized spacial score (nSPS) is 9.75. The van der Waals surface area contributed by atoms with Gasteiger partial charge in [-0.25, -0.2) is 0 Å². The van der Waals surface area contributed by atoms with Gasteiger partial charge >= 0.3 is 0 Å². The predicted octanol–water partition coefficient (Wildman–Crippen LogP) is 3.95. The summed E-state index contributed by atoms with van der Waals surface area (Å²) in [6, 6.07) is 0. The summed E-state index contributed by atoms with van der Waals surface area (Å²) in [5.74, 6) is 0.0854. The largest absolute Gasteiger partial charge is 0.384 e. The summed E-state index contributed by atoms with van der Waals surface area (Å²) in [7, 11) is 6.76. The molecule has 0 aromatic rings. The zero-order chi connectivity index (χ0) is 18.6. The third-order valence-corrected chi connectivity index (χ3v) is 3.95. The number of rotatable bonds is 13. The van der Waals surface area contributed by atoms with Gasteiger partial charge in [-0.3, -0.25) is 4.79 Å². The van der Waals surface area contributed by atoms with E-state index in [-0.39, 0.29) is 5.78 Å². The zero-order valence-corrected chi connectivity index (χ0v) is 17.9. The lowest BCUT2D eigenvalue weighted by atomic mass is 10.1. The van der Waals surface area contributed by atoms with Gasteiger partial charge in [0.15, 0.2) is 5.78 Å². The van der Waals surface area contributed by atoms with Crippen LogP contribution >= 0.6 is 22.6 Å². The van der Waals surface area contributed by atoms with Gasteiger partial charge in [-0.1, -0.05) is 33.7 Å². The smallest absolute Gasteiger partial charge is 0.152 e. The minimum absolute atomic E-state index is 0.0854. The predicted molar refractivity (Wildman–Crippen MR) is 107 cm³/mol. The third kappa shape index (κ3) is 19.8. The van der Waals surface area contributed by atoms with Gasteiger partial charge in [-0.2, -0.15) is 0 Å². The molecule has 0 fully saturated rings. The molecule has 0 radical (unpaired) electrons. The molecular formula is C18H33IO5. The molecule has 0 spiro atoms. The fourth-order valence-corrected chi connectivity index (χ4v) is 2.35. The van der Waals surface area contributed by atoms with E-state index in [1.807, 2.05) is 0 Å². The number of ketones is 1. The van der Waals surface area contributed by atoms with Gasteiger partial charge in [-0.05, 0) is 42.8 Å². The van der Waals surface area contributed by atoms with E-state index in [2.05, 4.69) is 26.7 Å². The summed E-state index contributed by atoms with van der Waals surface area (Å²) in [5.41, 5.74) is 2.49. The number of methoxy groups -OCH3 is 4. The van der Waals surface area contributed by atoms with Crippen LogP contribution < -0.4 is 0 Å². The summed E-state index contributed by atoms with van der Waals surface area (Å²) in [6.07, 6.45) is 5.31. The van der Waals surface area contributed by atoms with Crippen LogP contribution in [0.25, 0.3) is 0 Å². The Morgan fingerprint density at radius 1 is 0.750 bits per heavy atom. The van der Waals surface area contributed by atoms with Crippen LogP contribution in [0.2, 0.25) is 0 Å². The molecule has 0 bridgehead atoms. The standard InChI is InChI=1S/C10H18O3.C8H15IO2/c1-9(11)8-10(4-6-12-2)5-7-13-3;1-10-5-3-8(7-9)4-6-11-2/h8H,4-7H2,1-3H3;7H,3-6H2,1-2H3. The fourth-order valence-electron chi connectivity index (χ4n) is 1.72. The molecule has 0 aliphatic rings. The highest BCUT2D eigenvalue weighted by molar-refractivity contribution is 14.1. The molecule has 0 aromatic carbocycles. The van der Waals surface area contributed by atoms with Crippen molar-refractivity contribution >= 4 is 28.4 Å². The maximum atomic E-state index is 10.8. The van der Waals surface area contributed by atoms with E-state index < -0.39 is 0 Å². The monoisotopic (exact) mass is 456 g/mol. The molecule has 0 N–H and O–H groups in total. The average molecular weight is 456 g/mol. The molecule has 0 unspecified atom stereocenters. The molecule has 0 rings (SSSR count). The highest BCUT2D eigenvalue weighted by Crippen LogP contribution is 2.09. The highest BCUT2D eigenvalue weighted by Gasteiger charge is 1.99. The molecule has 0 heterocycles. The van der Waals surface area contributed by atoms with Crippen LogP contribution in [-0.4, -0.2) is 60.6 Å². The van der Waals surface area contributed by atoms with Gasteiger partial charge in [0, 0.05) is 54.9 Å². The molecule has 0 saturated carbocycles. The van der Waals surface area contributed by atoms with Crippen molar-refractivity contribution in [2.75, 3.05) is 54.9 Å². The second-order valence-corrected chi connectivity index (χ2v) is 5.77. The summed E-state index contributed by atoms with van der Waals surface area (Å²) < 4.78 is 21.9. The number of allylic oxidation sites excluding steroid dienone is 1. The van der Waals surface area contributed by atoms with Crippen LogP contribution in [0.5, 0.6) is 0 Å². The van der Waals surface area contributed by atoms with E-state index in [1.165, 1.54) is 5.57 Å². The highest BCUT2D eigenvalue weighted by atomic mass is 127. The van der Waals surface area contributed by atoms with E-state index in [0.717, 1.165) is 44.5 Å². The molecule has 0 aromatic heterocycles. The van der Waals surface area contributed by atoms with Gasteiger partial charge in [0.25, 0.3) is 0 Å². The maximum absolute atomic E-state index is 10.8. The van der Waals surface area contributed by atoms with E-state index in [4.69, 9.17) is 18.9 Å². The topological polar surface area (TPSA) is 54.0 Å². The van der Waals surface area contributed by atoms with Crippen molar-refractivity contribution in [1.82, 2.24) is 0 Å². The van der Waals surface area contributed by atoms with Crippen molar-refractivity contribution in [2.45, 2.75) is 32.6 Å². The van der Waals surface area contributed by atoms with Crippen molar-refractivity contribution in [3.63, 3.8) is 0 Å². The Hall–Kier alpha value is -0.280. The summed E-state index contributed by atoms with van der Waals surface area (Å²) in [6.45, 7) is 4.47. The average Bonchev–Trinajstić information content (AvgIpc) is 2.57. The molecule has 6 heteroatoms. The molecule has 0 saturated heterocycles. The van der Waals surface area contributed by atoms with E-state index in [9.17, 15) is 4.79 Å². The van der Waals surface area contributed by atoms with Gasteiger partial charge in [0.2, 0.25) is 0 Å². The Morgan fingerprint density at radius 3 is 1.33 bits per heavy atom. The first kappa shape index (κ1) is 26.0. The SMILES string of the molecule is COCCC(=CC(C)=O)CCOC.COCCC(=CI)CCOC. The lowest BCUT2D eigenvalue weighted by Gasteiger charge is -2.05. The summed E-state index contributed by atoms with van der Waals surface area (Å²) in [4.78, 5) is 10.8. The van der Waals surface area contributed by atoms with Gasteiger partial charge < -0.3 is 18.9 Å². The van der Waals surface area contributed by atoms with Crippen LogP contribution in [0.1, 0.15) is 32.6 Å². The van der Waals surface area contributed by atoms with E-state index >= 15 is 0 Å². The van der Waals surface area contributed by atoms with E-state index in [0.29, 0.717) is 13.2 Å². The third-order valence-electron chi connectivity index (χ3n) is 3.07. The Balaban J connectivity index is 0. The van der Waals surface area contributed by atoms with Crippen LogP contribution in [0.3, 0.4) is 0 Å². The summed E-state index contributed by atoms with van der Waals surface area (Å²) >= 11 is 2.26. The summed E-state index contributed by atoms with van der Waals surface area (Å²) in [5, 5.41) is 0. The minimum Gasteiger partial charge on any atom is -0.384 e.